The predicted molar refractivity (Wildman–Crippen MR) is 73.5 cm³/mol. The quantitative estimate of drug-likeness (QED) is 0.705. The summed E-state index contributed by atoms with van der Waals surface area (Å²) >= 11 is 0. The van der Waals surface area contributed by atoms with E-state index in [1.165, 1.54) is 6.42 Å². The lowest BCUT2D eigenvalue weighted by molar-refractivity contribution is -0.120. The van der Waals surface area contributed by atoms with Crippen LogP contribution in [-0.2, 0) is 9.53 Å². The van der Waals surface area contributed by atoms with Gasteiger partial charge in [-0.25, -0.2) is 0 Å². The van der Waals surface area contributed by atoms with Crippen molar-refractivity contribution in [1.29, 1.82) is 0 Å². The summed E-state index contributed by atoms with van der Waals surface area (Å²) in [6, 6.07) is 0. The van der Waals surface area contributed by atoms with Crippen molar-refractivity contribution in [3.8, 4) is 0 Å². The number of rotatable bonds is 1. The number of carbonyl (C=O) groups excluding carboxylic acids is 1. The Morgan fingerprint density at radius 2 is 1.94 bits per heavy atom. The summed E-state index contributed by atoms with van der Waals surface area (Å²) in [5.41, 5.74) is 0.126. The fraction of sp³-hybridized carbons (Fsp3) is 0.938. The third-order valence-corrected chi connectivity index (χ3v) is 5.00. The molecule has 4 unspecified atom stereocenters. The summed E-state index contributed by atoms with van der Waals surface area (Å²) in [5, 5.41) is 0. The maximum Gasteiger partial charge on any atom is 0.133 e. The van der Waals surface area contributed by atoms with Crippen molar-refractivity contribution in [2.45, 2.75) is 78.4 Å². The zero-order valence-electron chi connectivity index (χ0n) is 12.6. The summed E-state index contributed by atoms with van der Waals surface area (Å²) in [6.07, 6.45) is 5.27. The zero-order valence-corrected chi connectivity index (χ0v) is 12.6. The predicted octanol–water partition coefficient (Wildman–Crippen LogP) is 3.98. The second-order valence-electron chi connectivity index (χ2n) is 7.63. The Morgan fingerprint density at radius 1 is 1.28 bits per heavy atom. The molecule has 4 atom stereocenters. The number of ketones is 1. The molecule has 2 heteroatoms. The van der Waals surface area contributed by atoms with E-state index >= 15 is 0 Å². The Hall–Kier alpha value is -0.370. The van der Waals surface area contributed by atoms with Crippen LogP contribution in [0.3, 0.4) is 0 Å². The van der Waals surface area contributed by atoms with E-state index in [1.807, 2.05) is 0 Å². The number of hydrogen-bond acceptors (Lipinski definition) is 2. The maximum absolute atomic E-state index is 11.8. The summed E-state index contributed by atoms with van der Waals surface area (Å²) < 4.78 is 6.30. The van der Waals surface area contributed by atoms with Crippen molar-refractivity contribution in [3.63, 3.8) is 0 Å². The van der Waals surface area contributed by atoms with E-state index < -0.39 is 0 Å². The lowest BCUT2D eigenvalue weighted by Crippen LogP contribution is -2.40. The van der Waals surface area contributed by atoms with Gasteiger partial charge in [-0.3, -0.25) is 4.79 Å². The van der Waals surface area contributed by atoms with Crippen LogP contribution in [0.15, 0.2) is 0 Å². The molecule has 18 heavy (non-hydrogen) atoms. The number of Topliss-reactive ketones (excluding diaryl/α,β-unsaturated/α-hetero) is 1. The number of fused-ring (bicyclic) bond motifs is 1. The normalized spacial score (nSPS) is 41.6. The van der Waals surface area contributed by atoms with E-state index in [0.29, 0.717) is 23.7 Å². The molecule has 2 aliphatic carbocycles. The molecular weight excluding hydrogens is 224 g/mol. The van der Waals surface area contributed by atoms with Crippen LogP contribution >= 0.6 is 0 Å². The SMILES string of the molecule is CC1CC(=O)CCC2(C)C(OC(C)(C)C)CCC12. The molecule has 0 heterocycles. The van der Waals surface area contributed by atoms with Crippen LogP contribution in [0, 0.1) is 17.3 Å². The van der Waals surface area contributed by atoms with Gasteiger partial charge in [-0.2, -0.15) is 0 Å². The molecule has 0 N–H and O–H groups in total. The van der Waals surface area contributed by atoms with E-state index in [-0.39, 0.29) is 11.0 Å². The largest absolute Gasteiger partial charge is 0.372 e. The first kappa shape index (κ1) is 14.0. The van der Waals surface area contributed by atoms with Gasteiger partial charge in [0.05, 0.1) is 11.7 Å². The van der Waals surface area contributed by atoms with Gasteiger partial charge in [0, 0.05) is 12.8 Å². The van der Waals surface area contributed by atoms with E-state index in [4.69, 9.17) is 4.74 Å². The molecule has 104 valence electrons. The molecule has 0 aliphatic heterocycles. The first-order valence-corrected chi connectivity index (χ1v) is 7.42. The average Bonchev–Trinajstić information content (AvgIpc) is 2.46. The second-order valence-corrected chi connectivity index (χ2v) is 7.63. The molecule has 0 saturated heterocycles. The fourth-order valence-corrected chi connectivity index (χ4v) is 4.14. The van der Waals surface area contributed by atoms with Gasteiger partial charge >= 0.3 is 0 Å². The number of carbonyl (C=O) groups is 1. The van der Waals surface area contributed by atoms with Crippen LogP contribution in [0.2, 0.25) is 0 Å². The van der Waals surface area contributed by atoms with Crippen molar-refractivity contribution in [2.24, 2.45) is 17.3 Å². The van der Waals surface area contributed by atoms with E-state index in [9.17, 15) is 4.79 Å². The Kier molecular flexibility index (Phi) is 3.61. The van der Waals surface area contributed by atoms with Crippen LogP contribution < -0.4 is 0 Å². The molecule has 0 spiro atoms. The Morgan fingerprint density at radius 3 is 2.56 bits per heavy atom. The van der Waals surface area contributed by atoms with E-state index in [2.05, 4.69) is 34.6 Å². The standard InChI is InChI=1S/C16H28O2/c1-11-10-12(17)8-9-16(5)13(11)6-7-14(16)18-15(2,3)4/h11,13-14H,6-10H2,1-5H3. The van der Waals surface area contributed by atoms with Crippen molar-refractivity contribution in [1.82, 2.24) is 0 Å². The molecule has 0 radical (unpaired) electrons. The topological polar surface area (TPSA) is 26.3 Å². The highest BCUT2D eigenvalue weighted by molar-refractivity contribution is 5.79. The molecule has 2 fully saturated rings. The van der Waals surface area contributed by atoms with Crippen LogP contribution in [0.5, 0.6) is 0 Å². The lowest BCUT2D eigenvalue weighted by Gasteiger charge is -2.40. The molecule has 2 nitrogen and oxygen atoms in total. The second kappa shape index (κ2) is 4.63. The first-order chi connectivity index (χ1) is 8.22. The molecule has 0 aromatic rings. The van der Waals surface area contributed by atoms with E-state index in [1.54, 1.807) is 0 Å². The van der Waals surface area contributed by atoms with Crippen LogP contribution in [0.25, 0.3) is 0 Å². The molecular formula is C16H28O2. The lowest BCUT2D eigenvalue weighted by atomic mass is 9.71. The minimum atomic E-state index is -0.0812. The summed E-state index contributed by atoms with van der Waals surface area (Å²) in [6.45, 7) is 11.0. The molecule has 2 saturated carbocycles. The van der Waals surface area contributed by atoms with Crippen molar-refractivity contribution >= 4 is 5.78 Å². The highest BCUT2D eigenvalue weighted by atomic mass is 16.5. The molecule has 0 aromatic heterocycles. The van der Waals surface area contributed by atoms with Gasteiger partial charge in [0.1, 0.15) is 5.78 Å². The summed E-state index contributed by atoms with van der Waals surface area (Å²) in [5.74, 6) is 1.64. The van der Waals surface area contributed by atoms with E-state index in [0.717, 1.165) is 25.7 Å². The number of ether oxygens (including phenoxy) is 1. The molecule has 2 aliphatic rings. The Bertz CT molecular complexity index is 328. The van der Waals surface area contributed by atoms with Crippen LogP contribution in [-0.4, -0.2) is 17.5 Å². The van der Waals surface area contributed by atoms with Crippen molar-refractivity contribution in [3.05, 3.63) is 0 Å². The van der Waals surface area contributed by atoms with Gasteiger partial charge in [-0.1, -0.05) is 13.8 Å². The minimum Gasteiger partial charge on any atom is -0.372 e. The smallest absolute Gasteiger partial charge is 0.133 e. The van der Waals surface area contributed by atoms with Gasteiger partial charge in [0.15, 0.2) is 0 Å². The monoisotopic (exact) mass is 252 g/mol. The average molecular weight is 252 g/mol. The van der Waals surface area contributed by atoms with Gasteiger partial charge < -0.3 is 4.74 Å². The fourth-order valence-electron chi connectivity index (χ4n) is 4.14. The van der Waals surface area contributed by atoms with Crippen LogP contribution in [0.4, 0.5) is 0 Å². The first-order valence-electron chi connectivity index (χ1n) is 7.42. The summed E-state index contributed by atoms with van der Waals surface area (Å²) in [7, 11) is 0. The molecule has 0 bridgehead atoms. The van der Waals surface area contributed by atoms with Gasteiger partial charge in [-0.05, 0) is 57.3 Å². The Labute approximate surface area is 111 Å². The van der Waals surface area contributed by atoms with Crippen molar-refractivity contribution < 1.29 is 9.53 Å². The molecule has 0 aromatic carbocycles. The number of hydrogen-bond donors (Lipinski definition) is 0. The highest BCUT2D eigenvalue weighted by Gasteiger charge is 2.51. The third-order valence-electron chi connectivity index (χ3n) is 5.00. The van der Waals surface area contributed by atoms with Crippen molar-refractivity contribution in [2.75, 3.05) is 0 Å². The van der Waals surface area contributed by atoms with Gasteiger partial charge in [0.25, 0.3) is 0 Å². The molecule has 0 amide bonds. The minimum absolute atomic E-state index is 0.0812. The van der Waals surface area contributed by atoms with Crippen LogP contribution in [0.1, 0.15) is 66.7 Å². The Balaban J connectivity index is 2.20. The summed E-state index contributed by atoms with van der Waals surface area (Å²) in [4.78, 5) is 11.8. The highest BCUT2D eigenvalue weighted by Crippen LogP contribution is 2.54. The third kappa shape index (κ3) is 2.64. The van der Waals surface area contributed by atoms with Gasteiger partial charge in [0.2, 0.25) is 0 Å². The maximum atomic E-state index is 11.8. The zero-order chi connectivity index (χ0) is 13.6. The molecule has 2 rings (SSSR count). The van der Waals surface area contributed by atoms with Gasteiger partial charge in [-0.15, -0.1) is 0 Å².